The van der Waals surface area contributed by atoms with Crippen molar-refractivity contribution in [3.8, 4) is 5.75 Å². The quantitative estimate of drug-likeness (QED) is 0.779. The standard InChI is InChI=1S/C12H16N2O2/c1-8-3-4-11(9(2)5-8)16-12(15)14-6-10(13)7-14/h3-5,10H,6-7,13H2,1-2H3. The molecule has 1 amide bonds. The van der Waals surface area contributed by atoms with Gasteiger partial charge < -0.3 is 15.4 Å². The van der Waals surface area contributed by atoms with Gasteiger partial charge in [-0.05, 0) is 25.5 Å². The highest BCUT2D eigenvalue weighted by Gasteiger charge is 2.29. The number of hydrogen-bond donors (Lipinski definition) is 1. The molecule has 2 rings (SSSR count). The van der Waals surface area contributed by atoms with Gasteiger partial charge in [-0.2, -0.15) is 0 Å². The Balaban J connectivity index is 2.01. The average molecular weight is 220 g/mol. The molecule has 0 atom stereocenters. The molecule has 0 radical (unpaired) electrons. The summed E-state index contributed by atoms with van der Waals surface area (Å²) in [6.45, 7) is 5.11. The van der Waals surface area contributed by atoms with Crippen molar-refractivity contribution < 1.29 is 9.53 Å². The van der Waals surface area contributed by atoms with Gasteiger partial charge in [0.15, 0.2) is 0 Å². The summed E-state index contributed by atoms with van der Waals surface area (Å²) in [6, 6.07) is 5.84. The minimum absolute atomic E-state index is 0.103. The van der Waals surface area contributed by atoms with Crippen LogP contribution in [-0.2, 0) is 0 Å². The van der Waals surface area contributed by atoms with Crippen LogP contribution in [0.25, 0.3) is 0 Å². The molecular weight excluding hydrogens is 204 g/mol. The lowest BCUT2D eigenvalue weighted by atomic mass is 10.1. The zero-order valence-corrected chi connectivity index (χ0v) is 9.56. The van der Waals surface area contributed by atoms with Crippen molar-refractivity contribution in [2.24, 2.45) is 5.73 Å². The summed E-state index contributed by atoms with van der Waals surface area (Å²) < 4.78 is 5.28. The molecule has 1 fully saturated rings. The highest BCUT2D eigenvalue weighted by atomic mass is 16.6. The smallest absolute Gasteiger partial charge is 0.410 e. The monoisotopic (exact) mass is 220 g/mol. The Morgan fingerprint density at radius 2 is 2.12 bits per heavy atom. The van der Waals surface area contributed by atoms with Crippen molar-refractivity contribution in [2.45, 2.75) is 19.9 Å². The van der Waals surface area contributed by atoms with Crippen LogP contribution in [0.4, 0.5) is 4.79 Å². The first-order valence-electron chi connectivity index (χ1n) is 5.36. The summed E-state index contributed by atoms with van der Waals surface area (Å²) in [4.78, 5) is 13.2. The van der Waals surface area contributed by atoms with E-state index in [1.807, 2.05) is 32.0 Å². The molecule has 1 saturated heterocycles. The van der Waals surface area contributed by atoms with Gasteiger partial charge in [0.2, 0.25) is 0 Å². The molecular formula is C12H16N2O2. The Morgan fingerprint density at radius 1 is 1.44 bits per heavy atom. The van der Waals surface area contributed by atoms with Crippen molar-refractivity contribution in [1.29, 1.82) is 0 Å². The number of benzene rings is 1. The Kier molecular flexibility index (Phi) is 2.83. The molecule has 1 aliphatic rings. The summed E-state index contributed by atoms with van der Waals surface area (Å²) in [5.74, 6) is 0.621. The van der Waals surface area contributed by atoms with Crippen LogP contribution in [0.15, 0.2) is 18.2 Å². The van der Waals surface area contributed by atoms with E-state index < -0.39 is 0 Å². The molecule has 16 heavy (non-hydrogen) atoms. The fourth-order valence-corrected chi connectivity index (χ4v) is 1.73. The van der Waals surface area contributed by atoms with Crippen LogP contribution in [0.5, 0.6) is 5.75 Å². The first-order chi connectivity index (χ1) is 7.56. The second-order valence-corrected chi connectivity index (χ2v) is 4.30. The Bertz CT molecular complexity index is 411. The van der Waals surface area contributed by atoms with Gasteiger partial charge in [0, 0.05) is 19.1 Å². The Hall–Kier alpha value is -1.55. The molecule has 1 heterocycles. The highest BCUT2D eigenvalue weighted by molar-refractivity contribution is 5.72. The summed E-state index contributed by atoms with van der Waals surface area (Å²) in [5, 5.41) is 0. The zero-order chi connectivity index (χ0) is 11.7. The van der Waals surface area contributed by atoms with Crippen molar-refractivity contribution in [3.63, 3.8) is 0 Å². The van der Waals surface area contributed by atoms with Gasteiger partial charge >= 0.3 is 6.09 Å². The summed E-state index contributed by atoms with van der Waals surface area (Å²) in [5.41, 5.74) is 7.73. The molecule has 86 valence electrons. The fourth-order valence-electron chi connectivity index (χ4n) is 1.73. The van der Waals surface area contributed by atoms with Gasteiger partial charge in [0.05, 0.1) is 0 Å². The van der Waals surface area contributed by atoms with Gasteiger partial charge in [-0.25, -0.2) is 4.79 Å². The lowest BCUT2D eigenvalue weighted by Crippen LogP contribution is -2.58. The maximum Gasteiger partial charge on any atom is 0.415 e. The largest absolute Gasteiger partial charge is 0.415 e. The molecule has 1 aromatic carbocycles. The van der Waals surface area contributed by atoms with Gasteiger partial charge in [0.1, 0.15) is 5.75 Å². The van der Waals surface area contributed by atoms with Gasteiger partial charge in [-0.3, -0.25) is 0 Å². The van der Waals surface area contributed by atoms with Crippen molar-refractivity contribution in [3.05, 3.63) is 29.3 Å². The minimum atomic E-state index is -0.311. The minimum Gasteiger partial charge on any atom is -0.410 e. The zero-order valence-electron chi connectivity index (χ0n) is 9.56. The third-order valence-electron chi connectivity index (χ3n) is 2.70. The van der Waals surface area contributed by atoms with E-state index in [2.05, 4.69) is 0 Å². The van der Waals surface area contributed by atoms with Crippen LogP contribution < -0.4 is 10.5 Å². The molecule has 0 aromatic heterocycles. The number of rotatable bonds is 1. The van der Waals surface area contributed by atoms with E-state index in [4.69, 9.17) is 10.5 Å². The predicted molar refractivity (Wildman–Crippen MR) is 61.5 cm³/mol. The number of nitrogens with zero attached hydrogens (tertiary/aromatic N) is 1. The molecule has 0 unspecified atom stereocenters. The van der Waals surface area contributed by atoms with Crippen LogP contribution in [0.3, 0.4) is 0 Å². The summed E-state index contributed by atoms with van der Waals surface area (Å²) >= 11 is 0. The number of ether oxygens (including phenoxy) is 1. The van der Waals surface area contributed by atoms with E-state index in [9.17, 15) is 4.79 Å². The van der Waals surface area contributed by atoms with Crippen LogP contribution >= 0.6 is 0 Å². The molecule has 1 aliphatic heterocycles. The Labute approximate surface area is 95.0 Å². The predicted octanol–water partition coefficient (Wildman–Crippen LogP) is 1.45. The van der Waals surface area contributed by atoms with E-state index in [0.717, 1.165) is 11.1 Å². The number of likely N-dealkylation sites (tertiary alicyclic amines) is 1. The average Bonchev–Trinajstić information content (AvgIpc) is 2.17. The third kappa shape index (κ3) is 2.17. The van der Waals surface area contributed by atoms with Crippen LogP contribution in [-0.4, -0.2) is 30.1 Å². The molecule has 0 bridgehead atoms. The third-order valence-corrected chi connectivity index (χ3v) is 2.70. The van der Waals surface area contributed by atoms with Crippen LogP contribution in [0.2, 0.25) is 0 Å². The number of carbonyl (C=O) groups excluding carboxylic acids is 1. The van der Waals surface area contributed by atoms with Crippen LogP contribution in [0, 0.1) is 13.8 Å². The number of nitrogens with two attached hydrogens (primary N) is 1. The van der Waals surface area contributed by atoms with E-state index in [0.29, 0.717) is 18.8 Å². The molecule has 0 aliphatic carbocycles. The molecule has 0 saturated carbocycles. The maximum absolute atomic E-state index is 11.6. The SMILES string of the molecule is Cc1ccc(OC(=O)N2CC(N)C2)c(C)c1. The topological polar surface area (TPSA) is 55.6 Å². The lowest BCUT2D eigenvalue weighted by molar-refractivity contribution is 0.113. The van der Waals surface area contributed by atoms with Crippen molar-refractivity contribution in [2.75, 3.05) is 13.1 Å². The second kappa shape index (κ2) is 4.14. The Morgan fingerprint density at radius 3 is 2.69 bits per heavy atom. The molecule has 0 spiro atoms. The van der Waals surface area contributed by atoms with Crippen molar-refractivity contribution in [1.82, 2.24) is 4.90 Å². The van der Waals surface area contributed by atoms with E-state index in [-0.39, 0.29) is 12.1 Å². The lowest BCUT2D eigenvalue weighted by Gasteiger charge is -2.35. The van der Waals surface area contributed by atoms with E-state index in [1.54, 1.807) is 4.90 Å². The highest BCUT2D eigenvalue weighted by Crippen LogP contribution is 2.20. The van der Waals surface area contributed by atoms with Gasteiger partial charge in [0.25, 0.3) is 0 Å². The first-order valence-corrected chi connectivity index (χ1v) is 5.36. The van der Waals surface area contributed by atoms with E-state index >= 15 is 0 Å². The summed E-state index contributed by atoms with van der Waals surface area (Å²) in [7, 11) is 0. The summed E-state index contributed by atoms with van der Waals surface area (Å²) in [6.07, 6.45) is -0.311. The number of carbonyl (C=O) groups is 1. The number of amides is 1. The maximum atomic E-state index is 11.6. The molecule has 1 aromatic rings. The second-order valence-electron chi connectivity index (χ2n) is 4.30. The number of aryl methyl sites for hydroxylation is 2. The van der Waals surface area contributed by atoms with Crippen LogP contribution in [0.1, 0.15) is 11.1 Å². The van der Waals surface area contributed by atoms with Gasteiger partial charge in [-0.15, -0.1) is 0 Å². The fraction of sp³-hybridized carbons (Fsp3) is 0.417. The molecule has 4 nitrogen and oxygen atoms in total. The van der Waals surface area contributed by atoms with Gasteiger partial charge in [-0.1, -0.05) is 17.7 Å². The normalized spacial score (nSPS) is 15.8. The van der Waals surface area contributed by atoms with E-state index in [1.165, 1.54) is 0 Å². The molecule has 2 N–H and O–H groups in total. The molecule has 4 heteroatoms. The van der Waals surface area contributed by atoms with Crippen molar-refractivity contribution >= 4 is 6.09 Å². The first kappa shape index (κ1) is 11.0. The number of hydrogen-bond acceptors (Lipinski definition) is 3.